The summed E-state index contributed by atoms with van der Waals surface area (Å²) in [5, 5.41) is 35.3. The minimum Gasteiger partial charge on any atom is -0.481 e. The van der Waals surface area contributed by atoms with Crippen LogP contribution in [0.4, 0.5) is 0 Å². The van der Waals surface area contributed by atoms with Gasteiger partial charge in [0, 0.05) is 13.0 Å². The molecule has 31 heavy (non-hydrogen) atoms. The number of likely N-dealkylation sites (tertiary alicyclic amines) is 1. The Morgan fingerprint density at radius 2 is 1.81 bits per heavy atom. The Hall–Kier alpha value is -2.73. The lowest BCUT2D eigenvalue weighted by molar-refractivity contribution is -0.146. The number of carboxylic acid groups (broad SMARTS) is 2. The number of amides is 3. The zero-order chi connectivity index (χ0) is 23.1. The number of hydrogen-bond acceptors (Lipinski definition) is 7. The van der Waals surface area contributed by atoms with Crippen molar-refractivity contribution in [2.45, 2.75) is 75.7 Å². The van der Waals surface area contributed by atoms with E-state index in [0.717, 1.165) is 13.0 Å². The SMILES string of the molecule is CC(O)C(NC(=O)C(CCC(=O)O)NC(=O)C1CCCN1C(=O)C1CCCN1)C(=O)O. The first-order chi connectivity index (χ1) is 14.6. The average Bonchev–Trinajstić information content (AvgIpc) is 3.39. The number of rotatable bonds is 10. The molecule has 2 saturated heterocycles. The summed E-state index contributed by atoms with van der Waals surface area (Å²) >= 11 is 0. The van der Waals surface area contributed by atoms with Gasteiger partial charge in [-0.2, -0.15) is 0 Å². The molecule has 0 aliphatic carbocycles. The molecule has 174 valence electrons. The van der Waals surface area contributed by atoms with E-state index in [4.69, 9.17) is 10.2 Å². The molecular formula is C19H30N4O8. The Bertz CT molecular complexity index is 707. The second-order valence-corrected chi connectivity index (χ2v) is 7.90. The predicted molar refractivity (Wildman–Crippen MR) is 106 cm³/mol. The smallest absolute Gasteiger partial charge is 0.328 e. The second-order valence-electron chi connectivity index (χ2n) is 7.90. The highest BCUT2D eigenvalue weighted by molar-refractivity contribution is 5.94. The van der Waals surface area contributed by atoms with E-state index in [1.807, 2.05) is 0 Å². The molecule has 6 N–H and O–H groups in total. The van der Waals surface area contributed by atoms with Crippen molar-refractivity contribution in [3.8, 4) is 0 Å². The van der Waals surface area contributed by atoms with Crippen molar-refractivity contribution >= 4 is 29.7 Å². The zero-order valence-corrected chi connectivity index (χ0v) is 17.4. The van der Waals surface area contributed by atoms with Gasteiger partial charge in [0.05, 0.1) is 12.1 Å². The van der Waals surface area contributed by atoms with Crippen LogP contribution in [0.5, 0.6) is 0 Å². The predicted octanol–water partition coefficient (Wildman–Crippen LogP) is -1.97. The van der Waals surface area contributed by atoms with Crippen LogP contribution in [0, 0.1) is 0 Å². The molecule has 5 unspecified atom stereocenters. The Morgan fingerprint density at radius 1 is 1.10 bits per heavy atom. The van der Waals surface area contributed by atoms with Crippen LogP contribution in [-0.2, 0) is 24.0 Å². The standard InChI is InChI=1S/C19H30N4O8/c1-10(24)15(19(30)31)22-16(27)11(6-7-14(25)26)21-17(28)13-5-3-9-23(13)18(29)12-4-2-8-20-12/h10-13,15,20,24H,2-9H2,1H3,(H,21,28)(H,22,27)(H,25,26)(H,30,31). The van der Waals surface area contributed by atoms with Gasteiger partial charge >= 0.3 is 11.9 Å². The number of carbonyl (C=O) groups excluding carboxylic acids is 3. The van der Waals surface area contributed by atoms with Crippen molar-refractivity contribution in [2.24, 2.45) is 0 Å². The molecule has 0 aromatic carbocycles. The summed E-state index contributed by atoms with van der Waals surface area (Å²) in [6.45, 7) is 2.32. The Kier molecular flexibility index (Phi) is 8.75. The van der Waals surface area contributed by atoms with E-state index in [2.05, 4.69) is 16.0 Å². The fraction of sp³-hybridized carbons (Fsp3) is 0.737. The van der Waals surface area contributed by atoms with Crippen LogP contribution in [0.1, 0.15) is 45.4 Å². The number of carbonyl (C=O) groups is 5. The first-order valence-electron chi connectivity index (χ1n) is 10.4. The fourth-order valence-corrected chi connectivity index (χ4v) is 3.85. The Balaban J connectivity index is 2.08. The molecule has 2 aliphatic heterocycles. The summed E-state index contributed by atoms with van der Waals surface area (Å²) in [6, 6.07) is -4.08. The molecule has 2 heterocycles. The summed E-state index contributed by atoms with van der Waals surface area (Å²) in [4.78, 5) is 61.8. The molecule has 2 fully saturated rings. The Labute approximate surface area is 179 Å². The van der Waals surface area contributed by atoms with Gasteiger partial charge in [-0.15, -0.1) is 0 Å². The van der Waals surface area contributed by atoms with Crippen LogP contribution in [0.2, 0.25) is 0 Å². The molecule has 0 saturated carbocycles. The molecule has 0 aromatic heterocycles. The van der Waals surface area contributed by atoms with Gasteiger partial charge in [0.1, 0.15) is 12.1 Å². The van der Waals surface area contributed by atoms with Crippen molar-refractivity contribution in [1.82, 2.24) is 20.9 Å². The van der Waals surface area contributed by atoms with Gasteiger partial charge in [0.15, 0.2) is 6.04 Å². The highest BCUT2D eigenvalue weighted by Crippen LogP contribution is 2.21. The van der Waals surface area contributed by atoms with E-state index in [1.165, 1.54) is 11.8 Å². The maximum Gasteiger partial charge on any atom is 0.328 e. The number of aliphatic hydroxyl groups is 1. The molecule has 0 radical (unpaired) electrons. The largest absolute Gasteiger partial charge is 0.481 e. The number of aliphatic carboxylic acids is 2. The third-order valence-electron chi connectivity index (χ3n) is 5.52. The van der Waals surface area contributed by atoms with Gasteiger partial charge in [0.25, 0.3) is 0 Å². The highest BCUT2D eigenvalue weighted by Gasteiger charge is 2.39. The van der Waals surface area contributed by atoms with Crippen LogP contribution < -0.4 is 16.0 Å². The summed E-state index contributed by atoms with van der Waals surface area (Å²) in [5.74, 6) is -4.36. The third-order valence-corrected chi connectivity index (χ3v) is 5.52. The number of hydrogen-bond donors (Lipinski definition) is 6. The maximum atomic E-state index is 12.9. The van der Waals surface area contributed by atoms with E-state index < -0.39 is 54.4 Å². The summed E-state index contributed by atoms with van der Waals surface area (Å²) < 4.78 is 0. The van der Waals surface area contributed by atoms with Crippen LogP contribution in [0.15, 0.2) is 0 Å². The molecule has 3 amide bonds. The van der Waals surface area contributed by atoms with E-state index in [1.54, 1.807) is 0 Å². The van der Waals surface area contributed by atoms with Crippen LogP contribution in [0.3, 0.4) is 0 Å². The molecule has 2 rings (SSSR count). The van der Waals surface area contributed by atoms with E-state index in [9.17, 15) is 29.1 Å². The van der Waals surface area contributed by atoms with Crippen LogP contribution in [-0.4, -0.2) is 93.2 Å². The number of nitrogens with one attached hydrogen (secondary N) is 3. The lowest BCUT2D eigenvalue weighted by Gasteiger charge is -2.28. The lowest BCUT2D eigenvalue weighted by Crippen LogP contribution is -2.57. The number of nitrogens with zero attached hydrogens (tertiary/aromatic N) is 1. The van der Waals surface area contributed by atoms with Crippen molar-refractivity contribution in [1.29, 1.82) is 0 Å². The van der Waals surface area contributed by atoms with E-state index >= 15 is 0 Å². The van der Waals surface area contributed by atoms with Crippen LogP contribution >= 0.6 is 0 Å². The van der Waals surface area contributed by atoms with Gasteiger partial charge in [-0.25, -0.2) is 4.79 Å². The van der Waals surface area contributed by atoms with Gasteiger partial charge < -0.3 is 36.2 Å². The summed E-state index contributed by atoms with van der Waals surface area (Å²) in [5.41, 5.74) is 0. The monoisotopic (exact) mass is 442 g/mol. The highest BCUT2D eigenvalue weighted by atomic mass is 16.4. The van der Waals surface area contributed by atoms with Crippen molar-refractivity contribution in [3.63, 3.8) is 0 Å². The first-order valence-corrected chi connectivity index (χ1v) is 10.4. The average molecular weight is 442 g/mol. The van der Waals surface area contributed by atoms with Crippen molar-refractivity contribution in [2.75, 3.05) is 13.1 Å². The summed E-state index contributed by atoms with van der Waals surface area (Å²) in [6.07, 6.45) is 0.456. The molecule has 0 spiro atoms. The maximum absolute atomic E-state index is 12.9. The zero-order valence-electron chi connectivity index (χ0n) is 17.4. The van der Waals surface area contributed by atoms with Crippen LogP contribution in [0.25, 0.3) is 0 Å². The molecule has 0 bridgehead atoms. The normalized spacial score (nSPS) is 23.6. The third kappa shape index (κ3) is 6.62. The number of carboxylic acids is 2. The lowest BCUT2D eigenvalue weighted by atomic mass is 10.1. The quantitative estimate of drug-likeness (QED) is 0.223. The van der Waals surface area contributed by atoms with Crippen molar-refractivity contribution in [3.05, 3.63) is 0 Å². The molecule has 0 aromatic rings. The summed E-state index contributed by atoms with van der Waals surface area (Å²) in [7, 11) is 0. The first kappa shape index (κ1) is 24.5. The van der Waals surface area contributed by atoms with Gasteiger partial charge in [-0.05, 0) is 45.6 Å². The van der Waals surface area contributed by atoms with E-state index in [-0.39, 0.29) is 18.4 Å². The minimum absolute atomic E-state index is 0.179. The second kappa shape index (κ2) is 11.0. The number of aliphatic hydroxyl groups excluding tert-OH is 1. The molecule has 12 heteroatoms. The Morgan fingerprint density at radius 3 is 2.35 bits per heavy atom. The van der Waals surface area contributed by atoms with Gasteiger partial charge in [0.2, 0.25) is 17.7 Å². The van der Waals surface area contributed by atoms with Gasteiger partial charge in [-0.1, -0.05) is 0 Å². The fourth-order valence-electron chi connectivity index (χ4n) is 3.85. The van der Waals surface area contributed by atoms with Gasteiger partial charge in [-0.3, -0.25) is 19.2 Å². The molecule has 5 atom stereocenters. The van der Waals surface area contributed by atoms with Crippen molar-refractivity contribution < 1.29 is 39.3 Å². The molecular weight excluding hydrogens is 412 g/mol. The molecule has 2 aliphatic rings. The van der Waals surface area contributed by atoms with E-state index in [0.29, 0.717) is 25.8 Å². The topological polar surface area (TPSA) is 185 Å². The minimum atomic E-state index is -1.62. The molecule has 12 nitrogen and oxygen atoms in total.